The number of ether oxygens (including phenoxy) is 2. The number of ketones is 1. The van der Waals surface area contributed by atoms with E-state index in [1.54, 1.807) is 0 Å². The molecule has 1 saturated carbocycles. The van der Waals surface area contributed by atoms with Gasteiger partial charge in [0.05, 0.1) is 6.10 Å². The molecule has 5 heteroatoms. The van der Waals surface area contributed by atoms with E-state index >= 15 is 0 Å². The lowest BCUT2D eigenvalue weighted by Crippen LogP contribution is -2.52. The van der Waals surface area contributed by atoms with Crippen LogP contribution in [0.4, 0.5) is 0 Å². The van der Waals surface area contributed by atoms with Crippen LogP contribution in [-0.4, -0.2) is 48.7 Å². The van der Waals surface area contributed by atoms with Crippen LogP contribution in [0.5, 0.6) is 0 Å². The summed E-state index contributed by atoms with van der Waals surface area (Å²) >= 11 is 0. The molecule has 0 unspecified atom stereocenters. The summed E-state index contributed by atoms with van der Waals surface area (Å²) in [5, 5.41) is 19.6. The Labute approximate surface area is 119 Å². The largest absolute Gasteiger partial charge is 0.396 e. The van der Waals surface area contributed by atoms with Gasteiger partial charge in [-0.1, -0.05) is 11.6 Å². The van der Waals surface area contributed by atoms with Crippen LogP contribution in [0, 0.1) is 17.8 Å². The number of aliphatic hydroxyl groups excluding tert-OH is 2. The third-order valence-corrected chi connectivity index (χ3v) is 4.62. The van der Waals surface area contributed by atoms with Crippen molar-refractivity contribution < 1.29 is 24.5 Å². The summed E-state index contributed by atoms with van der Waals surface area (Å²) in [6.07, 6.45) is 2.44. The molecule has 0 aromatic rings. The lowest BCUT2D eigenvalue weighted by molar-refractivity contribution is -0.166. The monoisotopic (exact) mass is 284 g/mol. The molecule has 0 bridgehead atoms. The van der Waals surface area contributed by atoms with E-state index in [0.29, 0.717) is 6.42 Å². The molecule has 0 aromatic heterocycles. The quantitative estimate of drug-likeness (QED) is 0.579. The van der Waals surface area contributed by atoms with Crippen LogP contribution in [0.25, 0.3) is 0 Å². The molecular weight excluding hydrogens is 260 g/mol. The fourth-order valence-electron chi connectivity index (χ4n) is 3.73. The Hall–Kier alpha value is -0.750. The maximum Gasteiger partial charge on any atom is 0.164 e. The molecule has 1 fully saturated rings. The molecular formula is C15H24O5. The Morgan fingerprint density at radius 3 is 2.85 bits per heavy atom. The highest BCUT2D eigenvalue weighted by atomic mass is 16.7. The van der Waals surface area contributed by atoms with Crippen molar-refractivity contribution in [1.82, 2.24) is 0 Å². The number of allylic oxidation sites excluding steroid dienone is 2. The van der Waals surface area contributed by atoms with Gasteiger partial charge >= 0.3 is 0 Å². The molecule has 20 heavy (non-hydrogen) atoms. The minimum atomic E-state index is -0.643. The van der Waals surface area contributed by atoms with Crippen molar-refractivity contribution in [3.05, 3.63) is 11.6 Å². The van der Waals surface area contributed by atoms with E-state index in [4.69, 9.17) is 9.47 Å². The third-order valence-electron chi connectivity index (χ3n) is 4.62. The van der Waals surface area contributed by atoms with Crippen molar-refractivity contribution in [2.45, 2.75) is 38.4 Å². The van der Waals surface area contributed by atoms with Gasteiger partial charge in [0, 0.05) is 26.1 Å². The van der Waals surface area contributed by atoms with Crippen LogP contribution < -0.4 is 0 Å². The zero-order chi connectivity index (χ0) is 14.7. The molecule has 0 heterocycles. The predicted octanol–water partition coefficient (Wildman–Crippen LogP) is 0.890. The van der Waals surface area contributed by atoms with Crippen LogP contribution in [0.15, 0.2) is 11.6 Å². The highest BCUT2D eigenvalue weighted by molar-refractivity contribution is 5.85. The first-order valence-corrected chi connectivity index (χ1v) is 7.19. The maximum atomic E-state index is 12.1. The van der Waals surface area contributed by atoms with Gasteiger partial charge in [-0.15, -0.1) is 0 Å². The summed E-state index contributed by atoms with van der Waals surface area (Å²) < 4.78 is 10.5. The molecule has 0 radical (unpaired) electrons. The van der Waals surface area contributed by atoms with Crippen LogP contribution >= 0.6 is 0 Å². The first kappa shape index (κ1) is 15.6. The Balaban J connectivity index is 2.22. The van der Waals surface area contributed by atoms with Gasteiger partial charge in [0.15, 0.2) is 5.78 Å². The summed E-state index contributed by atoms with van der Waals surface area (Å²) in [5.74, 6) is 0.0235. The van der Waals surface area contributed by atoms with Crippen molar-refractivity contribution in [3.8, 4) is 0 Å². The zero-order valence-electron chi connectivity index (χ0n) is 12.1. The summed E-state index contributed by atoms with van der Waals surface area (Å²) in [7, 11) is 1.53. The first-order valence-electron chi connectivity index (χ1n) is 7.19. The number of hydrogen-bond acceptors (Lipinski definition) is 5. The zero-order valence-corrected chi connectivity index (χ0v) is 12.1. The summed E-state index contributed by atoms with van der Waals surface area (Å²) in [6.45, 7) is 2.21. The second-order valence-electron chi connectivity index (χ2n) is 5.78. The van der Waals surface area contributed by atoms with Crippen molar-refractivity contribution in [1.29, 1.82) is 0 Å². The summed E-state index contributed by atoms with van der Waals surface area (Å²) in [4.78, 5) is 12.1. The van der Waals surface area contributed by atoms with Crippen molar-refractivity contribution in [2.24, 2.45) is 17.8 Å². The van der Waals surface area contributed by atoms with Gasteiger partial charge in [-0.05, 0) is 31.6 Å². The average Bonchev–Trinajstić information content (AvgIpc) is 2.41. The minimum absolute atomic E-state index is 0.0216. The molecule has 0 spiro atoms. The third kappa shape index (κ3) is 2.96. The van der Waals surface area contributed by atoms with Gasteiger partial charge in [-0.25, -0.2) is 0 Å². The van der Waals surface area contributed by atoms with Crippen LogP contribution in [0.3, 0.4) is 0 Å². The SMILES string of the molecule is COCO[C@H]1C(=O)C[C@@H](O)[C@H]2[C@@H]1CC=C(C)[C@@H]2CCO. The van der Waals surface area contributed by atoms with Gasteiger partial charge < -0.3 is 19.7 Å². The van der Waals surface area contributed by atoms with Crippen molar-refractivity contribution in [3.63, 3.8) is 0 Å². The number of methoxy groups -OCH3 is 1. The van der Waals surface area contributed by atoms with Crippen molar-refractivity contribution in [2.75, 3.05) is 20.5 Å². The lowest BCUT2D eigenvalue weighted by atomic mass is 9.62. The molecule has 5 atom stereocenters. The molecule has 0 saturated heterocycles. The molecule has 0 aromatic carbocycles. The fraction of sp³-hybridized carbons (Fsp3) is 0.800. The second kappa shape index (κ2) is 6.80. The fourth-order valence-corrected chi connectivity index (χ4v) is 3.73. The molecule has 5 nitrogen and oxygen atoms in total. The van der Waals surface area contributed by atoms with E-state index in [1.807, 2.05) is 6.92 Å². The van der Waals surface area contributed by atoms with E-state index in [-0.39, 0.29) is 43.4 Å². The van der Waals surface area contributed by atoms with Gasteiger partial charge in [0.1, 0.15) is 12.9 Å². The Morgan fingerprint density at radius 2 is 2.20 bits per heavy atom. The first-order chi connectivity index (χ1) is 9.60. The second-order valence-corrected chi connectivity index (χ2v) is 5.78. The smallest absolute Gasteiger partial charge is 0.164 e. The van der Waals surface area contributed by atoms with Gasteiger partial charge in [0.2, 0.25) is 0 Å². The van der Waals surface area contributed by atoms with E-state index in [0.717, 1.165) is 6.42 Å². The lowest BCUT2D eigenvalue weighted by Gasteiger charge is -2.46. The topological polar surface area (TPSA) is 76.0 Å². The maximum absolute atomic E-state index is 12.1. The molecule has 0 aliphatic heterocycles. The Bertz CT molecular complexity index is 378. The van der Waals surface area contributed by atoms with Gasteiger partial charge in [0.25, 0.3) is 0 Å². The van der Waals surface area contributed by atoms with Crippen molar-refractivity contribution >= 4 is 5.78 Å². The highest BCUT2D eigenvalue weighted by Gasteiger charge is 2.48. The number of Topliss-reactive ketones (excluding diaryl/α,β-unsaturated/α-hetero) is 1. The summed E-state index contributed by atoms with van der Waals surface area (Å²) in [6, 6.07) is 0. The molecule has 114 valence electrons. The Kier molecular flexibility index (Phi) is 5.32. The molecule has 0 amide bonds. The predicted molar refractivity (Wildman–Crippen MR) is 72.9 cm³/mol. The number of carbonyl (C=O) groups excluding carboxylic acids is 1. The average molecular weight is 284 g/mol. The van der Waals surface area contributed by atoms with Crippen LogP contribution in [0.2, 0.25) is 0 Å². The molecule has 2 aliphatic rings. The number of fused-ring (bicyclic) bond motifs is 1. The van der Waals surface area contributed by atoms with E-state index < -0.39 is 12.2 Å². The number of rotatable bonds is 5. The normalized spacial score (nSPS) is 37.5. The minimum Gasteiger partial charge on any atom is -0.396 e. The van der Waals surface area contributed by atoms with E-state index in [2.05, 4.69) is 6.08 Å². The highest BCUT2D eigenvalue weighted by Crippen LogP contribution is 2.45. The van der Waals surface area contributed by atoms with E-state index in [1.165, 1.54) is 12.7 Å². The van der Waals surface area contributed by atoms with Crippen LogP contribution in [0.1, 0.15) is 26.2 Å². The standard InChI is InChI=1S/C15H24O5/c1-9-3-4-11-14(10(9)5-6-16)12(17)7-13(18)15(11)20-8-19-2/h3,10-12,14-17H,4-8H2,1-2H3/t10-,11-,12+,14+,15+/m0/s1. The Morgan fingerprint density at radius 1 is 1.45 bits per heavy atom. The number of carbonyl (C=O) groups is 1. The van der Waals surface area contributed by atoms with Gasteiger partial charge in [-0.2, -0.15) is 0 Å². The number of hydrogen-bond donors (Lipinski definition) is 2. The van der Waals surface area contributed by atoms with Crippen LogP contribution in [-0.2, 0) is 14.3 Å². The van der Waals surface area contributed by atoms with E-state index in [9.17, 15) is 15.0 Å². The summed E-state index contributed by atoms with van der Waals surface area (Å²) in [5.41, 5.74) is 1.19. The molecule has 2 aliphatic carbocycles. The molecule has 2 N–H and O–H groups in total. The molecule has 2 rings (SSSR count). The number of aliphatic hydroxyl groups is 2. The van der Waals surface area contributed by atoms with Gasteiger partial charge in [-0.3, -0.25) is 4.79 Å².